The van der Waals surface area contributed by atoms with Crippen molar-refractivity contribution in [3.63, 3.8) is 0 Å². The molecule has 7 heteroatoms. The monoisotopic (exact) mass is 312 g/mol. The molecule has 3 rings (SSSR count). The minimum absolute atomic E-state index is 0.0496. The average molecular weight is 312 g/mol. The maximum atomic E-state index is 10.6. The second-order valence-corrected chi connectivity index (χ2v) is 5.65. The van der Waals surface area contributed by atoms with Crippen molar-refractivity contribution in [2.24, 2.45) is 12.0 Å². The van der Waals surface area contributed by atoms with Gasteiger partial charge in [0.1, 0.15) is 0 Å². The largest absolute Gasteiger partial charge is 0.281 e. The maximum Gasteiger partial charge on any atom is 0.269 e. The summed E-state index contributed by atoms with van der Waals surface area (Å²) < 4.78 is 1.94. The number of rotatable bonds is 3. The molecular formula is C15H12N4O2S. The second-order valence-electron chi connectivity index (χ2n) is 4.56. The number of aryl methyl sites for hydroxylation is 1. The summed E-state index contributed by atoms with van der Waals surface area (Å²) in [4.78, 5) is 19.7. The van der Waals surface area contributed by atoms with E-state index in [0.717, 1.165) is 11.4 Å². The summed E-state index contributed by atoms with van der Waals surface area (Å²) in [6, 6.07) is 16.0. The van der Waals surface area contributed by atoms with E-state index in [-0.39, 0.29) is 5.69 Å². The highest BCUT2D eigenvalue weighted by Gasteiger charge is 2.06. The van der Waals surface area contributed by atoms with Crippen LogP contribution in [0.25, 0.3) is 11.4 Å². The molecule has 2 aromatic carbocycles. The van der Waals surface area contributed by atoms with E-state index < -0.39 is 4.92 Å². The van der Waals surface area contributed by atoms with E-state index in [9.17, 15) is 10.1 Å². The van der Waals surface area contributed by atoms with Crippen LogP contribution in [0.5, 0.6) is 0 Å². The van der Waals surface area contributed by atoms with Crippen molar-refractivity contribution in [3.8, 4) is 11.4 Å². The summed E-state index contributed by atoms with van der Waals surface area (Å²) >= 11 is 1.42. The van der Waals surface area contributed by atoms with Gasteiger partial charge in [0.15, 0.2) is 5.82 Å². The molecule has 0 bridgehead atoms. The molecular weight excluding hydrogens is 300 g/mol. The fraction of sp³-hybridized carbons (Fsp3) is 0.0667. The van der Waals surface area contributed by atoms with E-state index in [1.807, 2.05) is 41.3 Å². The van der Waals surface area contributed by atoms with Crippen molar-refractivity contribution in [1.82, 2.24) is 8.94 Å². The summed E-state index contributed by atoms with van der Waals surface area (Å²) in [5, 5.41) is 10.6. The van der Waals surface area contributed by atoms with Crippen molar-refractivity contribution in [1.29, 1.82) is 0 Å². The quantitative estimate of drug-likeness (QED) is 0.550. The van der Waals surface area contributed by atoms with E-state index in [4.69, 9.17) is 0 Å². The van der Waals surface area contributed by atoms with E-state index in [1.165, 1.54) is 23.7 Å². The van der Waals surface area contributed by atoms with Crippen molar-refractivity contribution < 1.29 is 4.92 Å². The summed E-state index contributed by atoms with van der Waals surface area (Å²) in [7, 11) is 1.93. The van der Waals surface area contributed by atoms with Gasteiger partial charge in [0.25, 0.3) is 5.69 Å². The first-order valence-electron chi connectivity index (χ1n) is 6.52. The van der Waals surface area contributed by atoms with Gasteiger partial charge in [0.05, 0.1) is 10.6 Å². The van der Waals surface area contributed by atoms with E-state index in [0.29, 0.717) is 10.5 Å². The van der Waals surface area contributed by atoms with Gasteiger partial charge in [0, 0.05) is 24.7 Å². The molecule has 0 aliphatic carbocycles. The van der Waals surface area contributed by atoms with Crippen LogP contribution in [-0.2, 0) is 7.05 Å². The molecule has 0 amide bonds. The van der Waals surface area contributed by atoms with Crippen LogP contribution in [-0.4, -0.2) is 13.9 Å². The number of benzene rings is 2. The molecule has 0 saturated heterocycles. The van der Waals surface area contributed by atoms with Gasteiger partial charge in [-0.15, -0.1) is 0 Å². The fourth-order valence-electron chi connectivity index (χ4n) is 1.99. The lowest BCUT2D eigenvalue weighted by atomic mass is 10.2. The predicted octanol–water partition coefficient (Wildman–Crippen LogP) is 3.29. The second kappa shape index (κ2) is 5.90. The summed E-state index contributed by atoms with van der Waals surface area (Å²) in [6.45, 7) is 0. The Bertz CT molecular complexity index is 867. The molecule has 0 fully saturated rings. The highest BCUT2D eigenvalue weighted by atomic mass is 32.1. The Kier molecular flexibility index (Phi) is 3.80. The highest BCUT2D eigenvalue weighted by Crippen LogP contribution is 2.19. The summed E-state index contributed by atoms with van der Waals surface area (Å²) in [6.07, 6.45) is 0. The van der Waals surface area contributed by atoms with Crippen molar-refractivity contribution in [2.45, 2.75) is 0 Å². The molecule has 6 nitrogen and oxygen atoms in total. The Labute approximate surface area is 130 Å². The third-order valence-electron chi connectivity index (χ3n) is 3.04. The van der Waals surface area contributed by atoms with Gasteiger partial charge in [-0.05, 0) is 23.7 Å². The van der Waals surface area contributed by atoms with Crippen LogP contribution < -0.4 is 4.80 Å². The third-order valence-corrected chi connectivity index (χ3v) is 3.83. The smallest absolute Gasteiger partial charge is 0.269 e. The Morgan fingerprint density at radius 1 is 1.14 bits per heavy atom. The van der Waals surface area contributed by atoms with Crippen LogP contribution in [0.15, 0.2) is 59.6 Å². The molecule has 0 unspecified atom stereocenters. The Morgan fingerprint density at radius 3 is 2.45 bits per heavy atom. The lowest BCUT2D eigenvalue weighted by Gasteiger charge is -1.98. The van der Waals surface area contributed by atoms with Crippen LogP contribution in [0.3, 0.4) is 0 Å². The molecule has 110 valence electrons. The van der Waals surface area contributed by atoms with Crippen LogP contribution >= 0.6 is 11.5 Å². The average Bonchev–Trinajstić information content (AvgIpc) is 2.89. The molecule has 0 spiro atoms. The first-order valence-corrected chi connectivity index (χ1v) is 7.30. The van der Waals surface area contributed by atoms with Gasteiger partial charge < -0.3 is 0 Å². The van der Waals surface area contributed by atoms with Gasteiger partial charge in [-0.1, -0.05) is 30.3 Å². The van der Waals surface area contributed by atoms with Gasteiger partial charge in [-0.25, -0.2) is 4.99 Å². The normalized spacial score (nSPS) is 11.6. The topological polar surface area (TPSA) is 73.3 Å². The molecule has 0 saturated carbocycles. The Morgan fingerprint density at radius 2 is 1.82 bits per heavy atom. The Balaban J connectivity index is 1.97. The first kappa shape index (κ1) is 14.2. The molecule has 3 aromatic rings. The third kappa shape index (κ3) is 2.94. The summed E-state index contributed by atoms with van der Waals surface area (Å²) in [5.41, 5.74) is 1.71. The molecule has 0 aliphatic rings. The number of non-ortho nitro benzene ring substituents is 1. The summed E-state index contributed by atoms with van der Waals surface area (Å²) in [5.74, 6) is 0.839. The van der Waals surface area contributed by atoms with Crippen molar-refractivity contribution in [2.75, 3.05) is 0 Å². The number of nitro benzene ring substituents is 1. The maximum absolute atomic E-state index is 10.6. The van der Waals surface area contributed by atoms with Crippen LogP contribution in [0, 0.1) is 10.1 Å². The zero-order valence-electron chi connectivity index (χ0n) is 11.7. The van der Waals surface area contributed by atoms with Gasteiger partial charge in [-0.3, -0.25) is 14.1 Å². The molecule has 22 heavy (non-hydrogen) atoms. The van der Waals surface area contributed by atoms with Crippen molar-refractivity contribution in [3.05, 3.63) is 69.5 Å². The van der Waals surface area contributed by atoms with E-state index >= 15 is 0 Å². The van der Waals surface area contributed by atoms with Gasteiger partial charge in [-0.2, -0.15) is 4.98 Å². The standard InChI is InChI=1S/C15H12N4O2S/c1-18-14(11-5-3-2-4-6-11)17-15(22-18)16-12-7-9-13(10-8-12)19(20)21/h2-10H,1H3. The van der Waals surface area contributed by atoms with Gasteiger partial charge in [0.2, 0.25) is 4.80 Å². The molecule has 1 aromatic heterocycles. The lowest BCUT2D eigenvalue weighted by molar-refractivity contribution is -0.384. The zero-order chi connectivity index (χ0) is 15.5. The van der Waals surface area contributed by atoms with Crippen LogP contribution in [0.4, 0.5) is 11.4 Å². The minimum Gasteiger partial charge on any atom is -0.281 e. The molecule has 1 heterocycles. The number of hydrogen-bond donors (Lipinski definition) is 0. The fourth-order valence-corrected chi connectivity index (χ4v) is 2.74. The SMILES string of the molecule is Cn1sc(=Nc2ccc([N+](=O)[O-])cc2)nc1-c1ccccc1. The minimum atomic E-state index is -0.430. The molecule has 0 atom stereocenters. The predicted molar refractivity (Wildman–Crippen MR) is 84.8 cm³/mol. The molecule has 0 aliphatic heterocycles. The number of aromatic nitrogens is 2. The van der Waals surface area contributed by atoms with Crippen molar-refractivity contribution >= 4 is 22.9 Å². The Hall–Kier alpha value is -2.80. The van der Waals surface area contributed by atoms with Crippen LogP contribution in [0.1, 0.15) is 0 Å². The highest BCUT2D eigenvalue weighted by molar-refractivity contribution is 7.03. The lowest BCUT2D eigenvalue weighted by Crippen LogP contribution is -1.96. The van der Waals surface area contributed by atoms with E-state index in [2.05, 4.69) is 9.98 Å². The van der Waals surface area contributed by atoms with Crippen LogP contribution in [0.2, 0.25) is 0 Å². The van der Waals surface area contributed by atoms with E-state index in [1.54, 1.807) is 12.1 Å². The first-order chi connectivity index (χ1) is 10.6. The zero-order valence-corrected chi connectivity index (χ0v) is 12.5. The van der Waals surface area contributed by atoms with Gasteiger partial charge >= 0.3 is 0 Å². The molecule has 0 radical (unpaired) electrons. The number of nitrogens with zero attached hydrogens (tertiary/aromatic N) is 4. The number of nitro groups is 1. The number of hydrogen-bond acceptors (Lipinski definition) is 5. The molecule has 0 N–H and O–H groups in total.